The van der Waals surface area contributed by atoms with Crippen molar-refractivity contribution in [2.45, 2.75) is 13.8 Å². The lowest BCUT2D eigenvalue weighted by Gasteiger charge is -1.93. The molecule has 4 N–H and O–H groups in total. The lowest BCUT2D eigenvalue weighted by molar-refractivity contribution is 0.0695. The van der Waals surface area contributed by atoms with Crippen LogP contribution in [-0.2, 0) is 0 Å². The van der Waals surface area contributed by atoms with Gasteiger partial charge in [0.25, 0.3) is 5.91 Å². The molecule has 0 atom stereocenters. The molecule has 0 saturated carbocycles. The van der Waals surface area contributed by atoms with E-state index < -0.39 is 11.9 Å². The van der Waals surface area contributed by atoms with E-state index in [4.69, 9.17) is 10.8 Å². The summed E-state index contributed by atoms with van der Waals surface area (Å²) in [5.41, 5.74) is 6.14. The third-order valence-corrected chi connectivity index (χ3v) is 1.90. The summed E-state index contributed by atoms with van der Waals surface area (Å²) in [4.78, 5) is 24.2. The molecule has 13 heavy (non-hydrogen) atoms. The highest BCUT2D eigenvalue weighted by Crippen LogP contribution is 2.16. The Bertz CT molecular complexity index is 379. The van der Waals surface area contributed by atoms with Crippen molar-refractivity contribution >= 4 is 11.9 Å². The number of aromatic nitrogens is 1. The second-order valence-corrected chi connectivity index (χ2v) is 2.79. The average molecular weight is 182 g/mol. The molecular formula is C8H10N2O3. The normalized spacial score (nSPS) is 10.0. The molecule has 70 valence electrons. The zero-order chi connectivity index (χ0) is 10.2. The smallest absolute Gasteiger partial charge is 0.337 e. The van der Waals surface area contributed by atoms with Crippen molar-refractivity contribution in [1.29, 1.82) is 0 Å². The van der Waals surface area contributed by atoms with Gasteiger partial charge in [0.15, 0.2) is 0 Å². The predicted molar refractivity (Wildman–Crippen MR) is 45.7 cm³/mol. The van der Waals surface area contributed by atoms with E-state index in [0.717, 1.165) is 0 Å². The van der Waals surface area contributed by atoms with Gasteiger partial charge in [-0.1, -0.05) is 0 Å². The third-order valence-electron chi connectivity index (χ3n) is 1.90. The van der Waals surface area contributed by atoms with E-state index in [9.17, 15) is 9.59 Å². The number of amides is 1. The molecule has 5 nitrogen and oxygen atoms in total. The summed E-state index contributed by atoms with van der Waals surface area (Å²) >= 11 is 0. The Morgan fingerprint density at radius 2 is 1.92 bits per heavy atom. The molecule has 0 aliphatic rings. The predicted octanol–water partition coefficient (Wildman–Crippen LogP) is 0.429. The van der Waals surface area contributed by atoms with Crippen LogP contribution in [0.25, 0.3) is 0 Å². The maximum absolute atomic E-state index is 10.8. The first-order chi connectivity index (χ1) is 5.95. The van der Waals surface area contributed by atoms with E-state index in [0.29, 0.717) is 11.3 Å². The fourth-order valence-electron chi connectivity index (χ4n) is 1.32. The molecule has 1 aromatic heterocycles. The molecule has 1 amide bonds. The van der Waals surface area contributed by atoms with Crippen LogP contribution >= 0.6 is 0 Å². The minimum atomic E-state index is -1.06. The number of carbonyl (C=O) groups excluding carboxylic acids is 1. The summed E-state index contributed by atoms with van der Waals surface area (Å²) in [5, 5.41) is 8.77. The molecule has 0 bridgehead atoms. The fourth-order valence-corrected chi connectivity index (χ4v) is 1.32. The summed E-state index contributed by atoms with van der Waals surface area (Å²) in [6.45, 7) is 3.13. The van der Waals surface area contributed by atoms with E-state index in [1.165, 1.54) is 0 Å². The molecule has 0 unspecified atom stereocenters. The Morgan fingerprint density at radius 3 is 2.15 bits per heavy atom. The Kier molecular flexibility index (Phi) is 2.10. The molecule has 0 fully saturated rings. The van der Waals surface area contributed by atoms with Crippen molar-refractivity contribution in [1.82, 2.24) is 4.98 Å². The number of carboxylic acid groups (broad SMARTS) is 1. The third kappa shape index (κ3) is 1.40. The minimum absolute atomic E-state index is 0.119. The van der Waals surface area contributed by atoms with Crippen LogP contribution in [0.3, 0.4) is 0 Å². The molecule has 0 spiro atoms. The first-order valence-electron chi connectivity index (χ1n) is 3.67. The Morgan fingerprint density at radius 1 is 1.38 bits per heavy atom. The summed E-state index contributed by atoms with van der Waals surface area (Å²) in [7, 11) is 0. The maximum Gasteiger partial charge on any atom is 0.337 e. The van der Waals surface area contributed by atoms with Gasteiger partial charge >= 0.3 is 5.97 Å². The van der Waals surface area contributed by atoms with Crippen LogP contribution in [0, 0.1) is 13.8 Å². The number of carboxylic acids is 1. The number of carbonyl (C=O) groups is 2. The number of nitrogens with one attached hydrogen (secondary N) is 1. The molecule has 0 aliphatic carbocycles. The zero-order valence-corrected chi connectivity index (χ0v) is 7.34. The lowest BCUT2D eigenvalue weighted by atomic mass is 10.1. The van der Waals surface area contributed by atoms with Crippen LogP contribution < -0.4 is 5.73 Å². The van der Waals surface area contributed by atoms with Crippen molar-refractivity contribution < 1.29 is 14.7 Å². The molecular weight excluding hydrogens is 172 g/mol. The van der Waals surface area contributed by atoms with Gasteiger partial charge in [-0.3, -0.25) is 4.79 Å². The highest BCUT2D eigenvalue weighted by molar-refractivity contribution is 5.99. The number of hydrogen-bond acceptors (Lipinski definition) is 2. The van der Waals surface area contributed by atoms with Crippen LogP contribution in [0.4, 0.5) is 0 Å². The second-order valence-electron chi connectivity index (χ2n) is 2.79. The fraction of sp³-hybridized carbons (Fsp3) is 0.250. The standard InChI is InChI=1S/C8H10N2O3/c1-3-5(8(12)13)4(2)10-6(3)7(9)11/h10H,1-2H3,(H2,9,11)(H,12,13). The molecule has 0 aromatic carbocycles. The Balaban J connectivity index is 3.39. The summed E-state index contributed by atoms with van der Waals surface area (Å²) in [6, 6.07) is 0. The monoisotopic (exact) mass is 182 g/mol. The SMILES string of the molecule is Cc1[nH]c(C(N)=O)c(C)c1C(=O)O. The summed E-state index contributed by atoms with van der Waals surface area (Å²) in [6.07, 6.45) is 0. The number of aromatic carboxylic acids is 1. The van der Waals surface area contributed by atoms with Crippen molar-refractivity contribution in [2.75, 3.05) is 0 Å². The quantitative estimate of drug-likeness (QED) is 0.618. The number of aromatic amines is 1. The number of rotatable bonds is 2. The molecule has 0 saturated heterocycles. The van der Waals surface area contributed by atoms with Crippen LogP contribution in [0.1, 0.15) is 32.1 Å². The Labute approximate surface area is 74.6 Å². The lowest BCUT2D eigenvalue weighted by Crippen LogP contribution is -2.13. The van der Waals surface area contributed by atoms with Gasteiger partial charge in [0.05, 0.1) is 5.56 Å². The van der Waals surface area contributed by atoms with Gasteiger partial charge in [0.2, 0.25) is 0 Å². The number of aryl methyl sites for hydroxylation is 1. The van der Waals surface area contributed by atoms with Crippen LogP contribution in [0.15, 0.2) is 0 Å². The highest BCUT2D eigenvalue weighted by atomic mass is 16.4. The van der Waals surface area contributed by atoms with Crippen molar-refractivity contribution in [3.63, 3.8) is 0 Å². The summed E-state index contributed by atoms with van der Waals surface area (Å²) in [5.74, 6) is -1.70. The van der Waals surface area contributed by atoms with Crippen LogP contribution in [0.2, 0.25) is 0 Å². The highest BCUT2D eigenvalue weighted by Gasteiger charge is 2.19. The van der Waals surface area contributed by atoms with Crippen molar-refractivity contribution in [3.8, 4) is 0 Å². The van der Waals surface area contributed by atoms with Crippen LogP contribution in [0.5, 0.6) is 0 Å². The van der Waals surface area contributed by atoms with Crippen LogP contribution in [-0.4, -0.2) is 22.0 Å². The van der Waals surface area contributed by atoms with E-state index in [2.05, 4.69) is 4.98 Å². The van der Waals surface area contributed by atoms with Gasteiger partial charge in [-0.25, -0.2) is 4.79 Å². The summed E-state index contributed by atoms with van der Waals surface area (Å²) < 4.78 is 0. The van der Waals surface area contributed by atoms with E-state index in [1.807, 2.05) is 0 Å². The van der Waals surface area contributed by atoms with E-state index in [-0.39, 0.29) is 11.3 Å². The number of primary amides is 1. The molecule has 1 rings (SSSR count). The van der Waals surface area contributed by atoms with E-state index in [1.54, 1.807) is 13.8 Å². The number of H-pyrrole nitrogens is 1. The van der Waals surface area contributed by atoms with Gasteiger partial charge in [0.1, 0.15) is 5.69 Å². The largest absolute Gasteiger partial charge is 0.478 e. The van der Waals surface area contributed by atoms with Crippen molar-refractivity contribution in [2.24, 2.45) is 5.73 Å². The molecule has 5 heteroatoms. The molecule has 1 heterocycles. The molecule has 0 aliphatic heterocycles. The minimum Gasteiger partial charge on any atom is -0.478 e. The van der Waals surface area contributed by atoms with Gasteiger partial charge in [0, 0.05) is 5.69 Å². The first-order valence-corrected chi connectivity index (χ1v) is 3.67. The Hall–Kier alpha value is -1.78. The second kappa shape index (κ2) is 2.93. The maximum atomic E-state index is 10.8. The van der Waals surface area contributed by atoms with Gasteiger partial charge in [-0.05, 0) is 19.4 Å². The molecule has 1 aromatic rings. The van der Waals surface area contributed by atoms with Gasteiger partial charge in [-0.15, -0.1) is 0 Å². The topological polar surface area (TPSA) is 96.2 Å². The zero-order valence-electron chi connectivity index (χ0n) is 7.34. The van der Waals surface area contributed by atoms with E-state index >= 15 is 0 Å². The number of nitrogens with two attached hydrogens (primary N) is 1. The first kappa shape index (κ1) is 9.31. The number of hydrogen-bond donors (Lipinski definition) is 3. The van der Waals surface area contributed by atoms with Crippen molar-refractivity contribution in [3.05, 3.63) is 22.5 Å². The molecule has 0 radical (unpaired) electrons. The average Bonchev–Trinajstić information content (AvgIpc) is 2.26. The van der Waals surface area contributed by atoms with Gasteiger partial charge < -0.3 is 15.8 Å². The van der Waals surface area contributed by atoms with Gasteiger partial charge in [-0.2, -0.15) is 0 Å².